The van der Waals surface area contributed by atoms with Gasteiger partial charge in [0.1, 0.15) is 0 Å². The van der Waals surface area contributed by atoms with Crippen LogP contribution in [0.3, 0.4) is 0 Å². The highest BCUT2D eigenvalue weighted by atomic mass is 32.2. The Morgan fingerprint density at radius 1 is 1.12 bits per heavy atom. The van der Waals surface area contributed by atoms with Crippen LogP contribution < -0.4 is 0 Å². The SMILES string of the molecule is COC(=O)C1=C(C)N=C2SC=C(CC(=O)N3CCN(C(C)=O)CC3)N2C1c1cccc(C)c1. The first kappa shape index (κ1) is 23.1. The van der Waals surface area contributed by atoms with E-state index in [1.54, 1.807) is 16.7 Å². The third kappa shape index (κ3) is 4.55. The monoisotopic (exact) mass is 468 g/mol. The molecule has 0 aliphatic carbocycles. The smallest absolute Gasteiger partial charge is 0.338 e. The second kappa shape index (κ2) is 9.43. The number of benzene rings is 1. The van der Waals surface area contributed by atoms with Crippen molar-refractivity contribution in [2.75, 3.05) is 33.3 Å². The number of thioether (sulfide) groups is 1. The Labute approximate surface area is 197 Å². The number of carbonyl (C=O) groups is 3. The number of carbonyl (C=O) groups excluding carboxylic acids is 3. The number of aliphatic imine (C=N–C) groups is 1. The highest BCUT2D eigenvalue weighted by molar-refractivity contribution is 8.16. The van der Waals surface area contributed by atoms with Gasteiger partial charge in [0.15, 0.2) is 5.17 Å². The fraction of sp³-hybridized carbons (Fsp3) is 0.417. The quantitative estimate of drug-likeness (QED) is 0.632. The van der Waals surface area contributed by atoms with Crippen LogP contribution in [-0.4, -0.2) is 70.9 Å². The van der Waals surface area contributed by atoms with E-state index in [0.717, 1.165) is 22.0 Å². The number of rotatable bonds is 4. The zero-order chi connectivity index (χ0) is 23.7. The van der Waals surface area contributed by atoms with E-state index in [2.05, 4.69) is 4.99 Å². The molecule has 0 saturated carbocycles. The molecule has 2 amide bonds. The molecule has 3 heterocycles. The van der Waals surface area contributed by atoms with Gasteiger partial charge in [-0.2, -0.15) is 0 Å². The minimum Gasteiger partial charge on any atom is -0.466 e. The summed E-state index contributed by atoms with van der Waals surface area (Å²) in [4.78, 5) is 47.7. The summed E-state index contributed by atoms with van der Waals surface area (Å²) in [5, 5.41) is 2.69. The van der Waals surface area contributed by atoms with E-state index in [1.165, 1.54) is 18.9 Å². The molecule has 1 atom stereocenters. The fourth-order valence-electron chi connectivity index (χ4n) is 4.43. The predicted octanol–water partition coefficient (Wildman–Crippen LogP) is 2.82. The van der Waals surface area contributed by atoms with E-state index in [-0.39, 0.29) is 18.2 Å². The van der Waals surface area contributed by atoms with Crippen molar-refractivity contribution in [3.05, 3.63) is 57.8 Å². The van der Waals surface area contributed by atoms with Crippen molar-refractivity contribution < 1.29 is 19.1 Å². The van der Waals surface area contributed by atoms with Crippen LogP contribution >= 0.6 is 11.8 Å². The van der Waals surface area contributed by atoms with Gasteiger partial charge in [0.25, 0.3) is 0 Å². The fourth-order valence-corrected chi connectivity index (χ4v) is 5.40. The van der Waals surface area contributed by atoms with Crippen LogP contribution in [0, 0.1) is 6.92 Å². The van der Waals surface area contributed by atoms with Crippen molar-refractivity contribution >= 4 is 34.7 Å². The van der Waals surface area contributed by atoms with Crippen LogP contribution in [0.2, 0.25) is 0 Å². The van der Waals surface area contributed by atoms with Gasteiger partial charge in [-0.15, -0.1) is 0 Å². The summed E-state index contributed by atoms with van der Waals surface area (Å²) >= 11 is 1.46. The van der Waals surface area contributed by atoms with Gasteiger partial charge in [0, 0.05) is 38.8 Å². The maximum absolute atomic E-state index is 13.1. The second-order valence-electron chi connectivity index (χ2n) is 8.36. The molecular formula is C24H28N4O4S. The number of hydrogen-bond acceptors (Lipinski definition) is 7. The molecule has 174 valence electrons. The van der Waals surface area contributed by atoms with E-state index in [9.17, 15) is 14.4 Å². The first-order chi connectivity index (χ1) is 15.8. The van der Waals surface area contributed by atoms with Crippen molar-refractivity contribution in [2.45, 2.75) is 33.2 Å². The number of nitrogens with zero attached hydrogens (tertiary/aromatic N) is 4. The molecule has 9 heteroatoms. The van der Waals surface area contributed by atoms with Gasteiger partial charge in [-0.1, -0.05) is 41.6 Å². The third-order valence-electron chi connectivity index (χ3n) is 6.17. The molecule has 0 N–H and O–H groups in total. The summed E-state index contributed by atoms with van der Waals surface area (Å²) in [6.45, 7) is 7.51. The first-order valence-corrected chi connectivity index (χ1v) is 11.8. The van der Waals surface area contributed by atoms with E-state index < -0.39 is 12.0 Å². The van der Waals surface area contributed by atoms with Gasteiger partial charge in [-0.05, 0) is 24.8 Å². The van der Waals surface area contributed by atoms with Gasteiger partial charge in [0.2, 0.25) is 11.8 Å². The molecule has 0 radical (unpaired) electrons. The number of fused-ring (bicyclic) bond motifs is 1. The average Bonchev–Trinajstić information content (AvgIpc) is 3.19. The van der Waals surface area contributed by atoms with E-state index in [4.69, 9.17) is 4.74 Å². The number of esters is 1. The van der Waals surface area contributed by atoms with Crippen LogP contribution in [0.5, 0.6) is 0 Å². The minimum atomic E-state index is -0.426. The molecule has 4 rings (SSSR count). The van der Waals surface area contributed by atoms with Gasteiger partial charge in [-0.25, -0.2) is 9.79 Å². The zero-order valence-electron chi connectivity index (χ0n) is 19.3. The highest BCUT2D eigenvalue weighted by Gasteiger charge is 2.41. The van der Waals surface area contributed by atoms with Gasteiger partial charge < -0.3 is 19.4 Å². The molecule has 0 aromatic heterocycles. The van der Waals surface area contributed by atoms with Crippen molar-refractivity contribution in [3.8, 4) is 0 Å². The van der Waals surface area contributed by atoms with Crippen LogP contribution in [0.25, 0.3) is 0 Å². The lowest BCUT2D eigenvalue weighted by Gasteiger charge is -2.37. The maximum atomic E-state index is 13.1. The number of amides is 2. The molecule has 0 bridgehead atoms. The molecule has 33 heavy (non-hydrogen) atoms. The first-order valence-electron chi connectivity index (χ1n) is 10.9. The Morgan fingerprint density at radius 2 is 1.82 bits per heavy atom. The lowest BCUT2D eigenvalue weighted by atomic mass is 9.93. The lowest BCUT2D eigenvalue weighted by Crippen LogP contribution is -2.50. The maximum Gasteiger partial charge on any atom is 0.338 e. The van der Waals surface area contributed by atoms with Crippen LogP contribution in [0.1, 0.15) is 37.4 Å². The van der Waals surface area contributed by atoms with Crippen LogP contribution in [0.4, 0.5) is 0 Å². The number of aryl methyl sites for hydroxylation is 1. The van der Waals surface area contributed by atoms with Gasteiger partial charge in [0.05, 0.1) is 30.8 Å². The largest absolute Gasteiger partial charge is 0.466 e. The van der Waals surface area contributed by atoms with Crippen molar-refractivity contribution in [3.63, 3.8) is 0 Å². The predicted molar refractivity (Wildman–Crippen MR) is 127 cm³/mol. The molecule has 1 unspecified atom stereocenters. The van der Waals surface area contributed by atoms with E-state index in [0.29, 0.717) is 37.4 Å². The number of methoxy groups -OCH3 is 1. The average molecular weight is 469 g/mol. The van der Waals surface area contributed by atoms with E-state index in [1.807, 2.05) is 48.4 Å². The zero-order valence-corrected chi connectivity index (χ0v) is 20.1. The molecule has 3 aliphatic rings. The Morgan fingerprint density at radius 3 is 2.45 bits per heavy atom. The number of piperazine rings is 1. The Kier molecular flexibility index (Phi) is 6.60. The summed E-state index contributed by atoms with van der Waals surface area (Å²) < 4.78 is 5.11. The molecule has 1 saturated heterocycles. The van der Waals surface area contributed by atoms with Gasteiger partial charge >= 0.3 is 5.97 Å². The van der Waals surface area contributed by atoms with Crippen LogP contribution in [0.15, 0.2) is 51.6 Å². The number of ether oxygens (including phenoxy) is 1. The molecule has 3 aliphatic heterocycles. The summed E-state index contributed by atoms with van der Waals surface area (Å²) in [7, 11) is 1.37. The van der Waals surface area contributed by atoms with Crippen LogP contribution in [-0.2, 0) is 19.1 Å². The standard InChI is InChI=1S/C24H28N4O4S/c1-15-6-5-7-18(12-15)22-21(23(31)32-4)16(2)25-24-28(22)19(14-33-24)13-20(30)27-10-8-26(9-11-27)17(3)29/h5-7,12,14,22H,8-11,13H2,1-4H3. The second-order valence-corrected chi connectivity index (χ2v) is 9.20. The molecule has 1 aromatic rings. The molecular weight excluding hydrogens is 440 g/mol. The topological polar surface area (TPSA) is 82.5 Å². The Hall–Kier alpha value is -3.07. The number of amidine groups is 1. The van der Waals surface area contributed by atoms with Gasteiger partial charge in [-0.3, -0.25) is 9.59 Å². The molecule has 0 spiro atoms. The summed E-state index contributed by atoms with van der Waals surface area (Å²) in [6.07, 6.45) is 0.196. The number of hydrogen-bond donors (Lipinski definition) is 0. The molecule has 8 nitrogen and oxygen atoms in total. The Balaban J connectivity index is 1.61. The Bertz CT molecular complexity index is 1090. The van der Waals surface area contributed by atoms with Crippen molar-refractivity contribution in [2.24, 2.45) is 4.99 Å². The molecule has 1 fully saturated rings. The molecule has 1 aromatic carbocycles. The summed E-state index contributed by atoms with van der Waals surface area (Å²) in [5.41, 5.74) is 3.92. The summed E-state index contributed by atoms with van der Waals surface area (Å²) in [5.74, 6) is -0.394. The minimum absolute atomic E-state index is 0.000173. The number of allylic oxidation sites excluding steroid dienone is 1. The van der Waals surface area contributed by atoms with E-state index >= 15 is 0 Å². The van der Waals surface area contributed by atoms with Crippen molar-refractivity contribution in [1.82, 2.24) is 14.7 Å². The van der Waals surface area contributed by atoms with Crippen molar-refractivity contribution in [1.29, 1.82) is 0 Å². The third-order valence-corrected chi connectivity index (χ3v) is 7.06. The normalized spacial score (nSPS) is 20.4. The lowest BCUT2D eigenvalue weighted by molar-refractivity contribution is -0.138. The summed E-state index contributed by atoms with van der Waals surface area (Å²) in [6, 6.07) is 7.59. The highest BCUT2D eigenvalue weighted by Crippen LogP contribution is 2.45.